The Morgan fingerprint density at radius 3 is 2.69 bits per heavy atom. The van der Waals surface area contributed by atoms with Gasteiger partial charge in [-0.2, -0.15) is 0 Å². The smallest absolute Gasteiger partial charge is 0.252 e. The number of para-hydroxylation sites is 1. The number of nitrogens with zero attached hydrogens (tertiary/aromatic N) is 1. The normalized spacial score (nSPS) is 17.0. The second-order valence-electron chi connectivity index (χ2n) is 6.94. The highest BCUT2D eigenvalue weighted by atomic mass is 32.1. The summed E-state index contributed by atoms with van der Waals surface area (Å²) in [7, 11) is 0. The topological polar surface area (TPSA) is 98.7 Å². The molecule has 1 saturated heterocycles. The van der Waals surface area contributed by atoms with Gasteiger partial charge in [-0.3, -0.25) is 14.4 Å². The van der Waals surface area contributed by atoms with Crippen LogP contribution >= 0.6 is 11.3 Å². The Bertz CT molecular complexity index is 826. The van der Waals surface area contributed by atoms with Gasteiger partial charge in [0.25, 0.3) is 5.91 Å². The monoisotopic (exact) mass is 415 g/mol. The van der Waals surface area contributed by atoms with Crippen molar-refractivity contribution in [2.75, 3.05) is 18.4 Å². The summed E-state index contributed by atoms with van der Waals surface area (Å²) < 4.78 is 0. The van der Waals surface area contributed by atoms with Crippen LogP contribution in [0.2, 0.25) is 0 Å². The van der Waals surface area contributed by atoms with Gasteiger partial charge in [0.05, 0.1) is 6.42 Å². The van der Waals surface area contributed by atoms with Crippen molar-refractivity contribution in [1.82, 2.24) is 10.2 Å². The lowest BCUT2D eigenvalue weighted by Crippen LogP contribution is -2.48. The van der Waals surface area contributed by atoms with E-state index < -0.39 is 18.1 Å². The molecule has 1 aromatic heterocycles. The molecule has 3 N–H and O–H groups in total. The molecule has 3 rings (SSSR count). The first-order chi connectivity index (χ1) is 14.0. The zero-order valence-corrected chi connectivity index (χ0v) is 16.9. The van der Waals surface area contributed by atoms with E-state index in [1.54, 1.807) is 23.5 Å². The van der Waals surface area contributed by atoms with Crippen molar-refractivity contribution in [3.05, 3.63) is 52.7 Å². The molecule has 1 unspecified atom stereocenters. The molecule has 0 saturated carbocycles. The van der Waals surface area contributed by atoms with Gasteiger partial charge < -0.3 is 20.6 Å². The summed E-state index contributed by atoms with van der Waals surface area (Å²) in [5, 5.41) is 17.7. The summed E-state index contributed by atoms with van der Waals surface area (Å²) in [5.74, 6) is -1.24. The molecule has 2 aromatic rings. The molecular formula is C21H25N3O4S. The maximum Gasteiger partial charge on any atom is 0.252 e. The van der Waals surface area contributed by atoms with E-state index in [0.717, 1.165) is 4.88 Å². The largest absolute Gasteiger partial charge is 0.383 e. The first kappa shape index (κ1) is 21.0. The number of carbonyl (C=O) groups excluding carboxylic acids is 3. The highest BCUT2D eigenvalue weighted by molar-refractivity contribution is 7.09. The number of hydrogen-bond acceptors (Lipinski definition) is 5. The van der Waals surface area contributed by atoms with Crippen molar-refractivity contribution in [1.29, 1.82) is 0 Å². The summed E-state index contributed by atoms with van der Waals surface area (Å²) in [6.45, 7) is 0.842. The Labute approximate surface area is 173 Å². The zero-order valence-electron chi connectivity index (χ0n) is 16.0. The number of anilines is 1. The standard InChI is InChI=1S/C21H25N3O4S/c25-18(14-19(26)22-11-10-16-8-5-13-29-16)21(28)24-12-4-9-17(24)20(27)23-15-6-2-1-3-7-15/h1-3,5-8,13,17-18,25H,4,9-12,14H2,(H,22,26)(H,23,27)/t17?,18-/m1/s1. The third-order valence-corrected chi connectivity index (χ3v) is 5.75. The number of thiophene rings is 1. The van der Waals surface area contributed by atoms with Gasteiger partial charge in [0.2, 0.25) is 11.8 Å². The van der Waals surface area contributed by atoms with E-state index in [-0.39, 0.29) is 18.2 Å². The van der Waals surface area contributed by atoms with Crippen LogP contribution in [0, 0.1) is 0 Å². The summed E-state index contributed by atoms with van der Waals surface area (Å²) in [5.41, 5.74) is 0.655. The predicted molar refractivity (Wildman–Crippen MR) is 111 cm³/mol. The number of aliphatic hydroxyl groups excluding tert-OH is 1. The third kappa shape index (κ3) is 5.88. The minimum absolute atomic E-state index is 0.283. The Hall–Kier alpha value is -2.71. The second-order valence-corrected chi connectivity index (χ2v) is 7.98. The van der Waals surface area contributed by atoms with Crippen LogP contribution in [0.3, 0.4) is 0 Å². The van der Waals surface area contributed by atoms with Gasteiger partial charge in [-0.05, 0) is 42.8 Å². The summed E-state index contributed by atoms with van der Waals surface area (Å²) in [4.78, 5) is 39.8. The molecular weight excluding hydrogens is 390 g/mol. The fraction of sp³-hybridized carbons (Fsp3) is 0.381. The summed E-state index contributed by atoms with van der Waals surface area (Å²) in [6.07, 6.45) is 0.151. The molecule has 2 heterocycles. The van der Waals surface area contributed by atoms with Crippen molar-refractivity contribution in [3.8, 4) is 0 Å². The highest BCUT2D eigenvalue weighted by Gasteiger charge is 2.37. The molecule has 29 heavy (non-hydrogen) atoms. The lowest BCUT2D eigenvalue weighted by molar-refractivity contribution is -0.146. The quantitative estimate of drug-likeness (QED) is 0.612. The number of nitrogens with one attached hydrogen (secondary N) is 2. The van der Waals surface area contributed by atoms with Crippen molar-refractivity contribution in [2.24, 2.45) is 0 Å². The highest BCUT2D eigenvalue weighted by Crippen LogP contribution is 2.21. The molecule has 0 radical (unpaired) electrons. The molecule has 7 nitrogen and oxygen atoms in total. The van der Waals surface area contributed by atoms with Crippen LogP contribution in [0.4, 0.5) is 5.69 Å². The number of benzene rings is 1. The number of rotatable bonds is 8. The fourth-order valence-electron chi connectivity index (χ4n) is 3.36. The molecule has 8 heteroatoms. The van der Waals surface area contributed by atoms with Crippen molar-refractivity contribution in [3.63, 3.8) is 0 Å². The van der Waals surface area contributed by atoms with E-state index in [9.17, 15) is 19.5 Å². The third-order valence-electron chi connectivity index (χ3n) is 4.82. The lowest BCUT2D eigenvalue weighted by Gasteiger charge is -2.26. The van der Waals surface area contributed by atoms with Crippen LogP contribution in [-0.4, -0.2) is 53.0 Å². The number of aliphatic hydroxyl groups is 1. The average Bonchev–Trinajstić information content (AvgIpc) is 3.40. The van der Waals surface area contributed by atoms with Gasteiger partial charge in [-0.1, -0.05) is 24.3 Å². The van der Waals surface area contributed by atoms with Gasteiger partial charge in [-0.15, -0.1) is 11.3 Å². The predicted octanol–water partition coefficient (Wildman–Crippen LogP) is 1.79. The summed E-state index contributed by atoms with van der Waals surface area (Å²) in [6, 6.07) is 12.3. The molecule has 1 aliphatic rings. The van der Waals surface area contributed by atoms with Crippen LogP contribution in [0.15, 0.2) is 47.8 Å². The molecule has 1 aromatic carbocycles. The van der Waals surface area contributed by atoms with E-state index in [1.807, 2.05) is 35.7 Å². The van der Waals surface area contributed by atoms with Crippen LogP contribution in [0.1, 0.15) is 24.1 Å². The molecule has 1 fully saturated rings. The van der Waals surface area contributed by atoms with Crippen LogP contribution in [-0.2, 0) is 20.8 Å². The first-order valence-electron chi connectivity index (χ1n) is 9.68. The number of amides is 3. The molecule has 2 atom stereocenters. The Morgan fingerprint density at radius 2 is 1.97 bits per heavy atom. The van der Waals surface area contributed by atoms with E-state index >= 15 is 0 Å². The van der Waals surface area contributed by atoms with E-state index in [1.165, 1.54) is 4.90 Å². The van der Waals surface area contributed by atoms with Crippen molar-refractivity contribution >= 4 is 34.7 Å². The Balaban J connectivity index is 1.48. The number of hydrogen-bond donors (Lipinski definition) is 3. The molecule has 0 spiro atoms. The number of carbonyl (C=O) groups is 3. The Morgan fingerprint density at radius 1 is 1.17 bits per heavy atom. The number of likely N-dealkylation sites (tertiary alicyclic amines) is 1. The minimum Gasteiger partial charge on any atom is -0.383 e. The van der Waals surface area contributed by atoms with E-state index in [2.05, 4.69) is 10.6 Å². The minimum atomic E-state index is -1.46. The second kappa shape index (κ2) is 10.2. The molecule has 154 valence electrons. The molecule has 0 aliphatic carbocycles. The van der Waals surface area contributed by atoms with Crippen LogP contribution < -0.4 is 10.6 Å². The maximum absolute atomic E-state index is 12.6. The van der Waals surface area contributed by atoms with Crippen LogP contribution in [0.25, 0.3) is 0 Å². The lowest BCUT2D eigenvalue weighted by atomic mass is 10.1. The molecule has 1 aliphatic heterocycles. The first-order valence-corrected chi connectivity index (χ1v) is 10.6. The molecule has 0 bridgehead atoms. The SMILES string of the molecule is O=C(C[C@@H](O)C(=O)N1CCCC1C(=O)Nc1ccccc1)NCCc1cccs1. The zero-order chi connectivity index (χ0) is 20.6. The van der Waals surface area contributed by atoms with Crippen molar-refractivity contribution < 1.29 is 19.5 Å². The van der Waals surface area contributed by atoms with Crippen LogP contribution in [0.5, 0.6) is 0 Å². The Kier molecular flexibility index (Phi) is 7.37. The van der Waals surface area contributed by atoms with Gasteiger partial charge in [0.15, 0.2) is 0 Å². The van der Waals surface area contributed by atoms with Gasteiger partial charge in [0, 0.05) is 23.7 Å². The molecule has 3 amide bonds. The van der Waals surface area contributed by atoms with E-state index in [0.29, 0.717) is 38.0 Å². The average molecular weight is 416 g/mol. The van der Waals surface area contributed by atoms with Gasteiger partial charge in [-0.25, -0.2) is 0 Å². The van der Waals surface area contributed by atoms with E-state index in [4.69, 9.17) is 0 Å². The maximum atomic E-state index is 12.6. The van der Waals surface area contributed by atoms with Gasteiger partial charge in [0.1, 0.15) is 12.1 Å². The van der Waals surface area contributed by atoms with Crippen molar-refractivity contribution in [2.45, 2.75) is 37.8 Å². The fourth-order valence-corrected chi connectivity index (χ4v) is 4.07. The summed E-state index contributed by atoms with van der Waals surface area (Å²) >= 11 is 1.61. The van der Waals surface area contributed by atoms with Gasteiger partial charge >= 0.3 is 0 Å².